The predicted molar refractivity (Wildman–Crippen MR) is 94.6 cm³/mol. The number of pyridine rings is 1. The zero-order valence-corrected chi connectivity index (χ0v) is 15.2. The molecule has 0 unspecified atom stereocenters. The molecule has 0 aromatic carbocycles. The monoisotopic (exact) mass is 374 g/mol. The lowest BCUT2D eigenvalue weighted by Gasteiger charge is -2.13. The van der Waals surface area contributed by atoms with Gasteiger partial charge in [-0.15, -0.1) is 0 Å². The number of aromatic nitrogens is 1. The van der Waals surface area contributed by atoms with Gasteiger partial charge in [-0.2, -0.15) is 0 Å². The standard InChI is InChI=1S/C16H20Cl2N2O4/c1-4-24-16(23)10(7-19-12(8-21)9(2)3)15(22)14-11(17)5-6-13(18)20-14/h5-7,9,12,21-22H,4,8H2,1-3H3/t12-/m1/s1. The van der Waals surface area contributed by atoms with Crippen LogP contribution < -0.4 is 0 Å². The Labute approximate surface area is 150 Å². The van der Waals surface area contributed by atoms with Crippen molar-refractivity contribution in [2.45, 2.75) is 26.8 Å². The number of hydrogen-bond acceptors (Lipinski definition) is 6. The number of aliphatic hydroxyl groups is 2. The molecule has 132 valence electrons. The van der Waals surface area contributed by atoms with E-state index in [0.717, 1.165) is 6.21 Å². The average Bonchev–Trinajstić information content (AvgIpc) is 2.53. The number of rotatable bonds is 7. The van der Waals surface area contributed by atoms with Crippen LogP contribution >= 0.6 is 23.2 Å². The number of carbonyl (C=O) groups excluding carboxylic acids is 1. The van der Waals surface area contributed by atoms with Crippen molar-refractivity contribution in [2.75, 3.05) is 13.2 Å². The summed E-state index contributed by atoms with van der Waals surface area (Å²) in [6, 6.07) is 2.48. The van der Waals surface area contributed by atoms with E-state index >= 15 is 0 Å². The van der Waals surface area contributed by atoms with Crippen LogP contribution in [0.1, 0.15) is 26.5 Å². The van der Waals surface area contributed by atoms with E-state index < -0.39 is 17.8 Å². The molecule has 2 N–H and O–H groups in total. The molecule has 0 aliphatic carbocycles. The molecule has 6 nitrogen and oxygen atoms in total. The van der Waals surface area contributed by atoms with Gasteiger partial charge in [0.05, 0.1) is 24.3 Å². The molecule has 0 amide bonds. The summed E-state index contributed by atoms with van der Waals surface area (Å²) < 4.78 is 4.93. The highest BCUT2D eigenvalue weighted by Gasteiger charge is 2.20. The Balaban J connectivity index is 3.38. The molecule has 0 saturated carbocycles. The van der Waals surface area contributed by atoms with Crippen molar-refractivity contribution in [3.63, 3.8) is 0 Å². The van der Waals surface area contributed by atoms with E-state index in [2.05, 4.69) is 9.98 Å². The van der Waals surface area contributed by atoms with Crippen molar-refractivity contribution in [1.82, 2.24) is 4.98 Å². The molecule has 0 radical (unpaired) electrons. The molecule has 0 aliphatic heterocycles. The molecule has 0 fully saturated rings. The number of aliphatic hydroxyl groups excluding tert-OH is 2. The van der Waals surface area contributed by atoms with Gasteiger partial charge in [-0.05, 0) is 25.0 Å². The number of halogens is 2. The van der Waals surface area contributed by atoms with Crippen molar-refractivity contribution < 1.29 is 19.7 Å². The second kappa shape index (κ2) is 9.61. The van der Waals surface area contributed by atoms with Crippen molar-refractivity contribution in [2.24, 2.45) is 10.9 Å². The summed E-state index contributed by atoms with van der Waals surface area (Å²) in [4.78, 5) is 20.2. The lowest BCUT2D eigenvalue weighted by Crippen LogP contribution is -2.19. The van der Waals surface area contributed by atoms with E-state index in [1.54, 1.807) is 6.92 Å². The topological polar surface area (TPSA) is 92.0 Å². The lowest BCUT2D eigenvalue weighted by atomic mass is 10.1. The summed E-state index contributed by atoms with van der Waals surface area (Å²) in [6.45, 7) is 5.32. The Morgan fingerprint density at radius 1 is 1.42 bits per heavy atom. The molecule has 8 heteroatoms. The largest absolute Gasteiger partial charge is 0.505 e. The third-order valence-electron chi connectivity index (χ3n) is 3.14. The molecule has 1 aromatic heterocycles. The molecular formula is C16H20Cl2N2O4. The van der Waals surface area contributed by atoms with Crippen molar-refractivity contribution >= 4 is 41.1 Å². The minimum atomic E-state index is -0.781. The number of esters is 1. The zero-order valence-electron chi connectivity index (χ0n) is 13.7. The maximum absolute atomic E-state index is 12.1. The molecular weight excluding hydrogens is 355 g/mol. The summed E-state index contributed by atoms with van der Waals surface area (Å²) in [5, 5.41) is 20.0. The average molecular weight is 375 g/mol. The maximum Gasteiger partial charge on any atom is 0.343 e. The number of hydrogen-bond donors (Lipinski definition) is 2. The predicted octanol–water partition coefficient (Wildman–Crippen LogP) is 3.31. The van der Waals surface area contributed by atoms with Gasteiger partial charge in [0, 0.05) is 6.21 Å². The zero-order chi connectivity index (χ0) is 18.3. The first-order chi connectivity index (χ1) is 11.3. The van der Waals surface area contributed by atoms with Crippen LogP contribution in [0.4, 0.5) is 0 Å². The van der Waals surface area contributed by atoms with E-state index in [4.69, 9.17) is 27.9 Å². The molecule has 0 bridgehead atoms. The van der Waals surface area contributed by atoms with Crippen LogP contribution in [0.5, 0.6) is 0 Å². The number of carbonyl (C=O) groups is 1. The van der Waals surface area contributed by atoms with Gasteiger partial charge in [-0.25, -0.2) is 9.78 Å². The first kappa shape index (κ1) is 20.4. The smallest absolute Gasteiger partial charge is 0.343 e. The first-order valence-electron chi connectivity index (χ1n) is 7.38. The molecule has 1 atom stereocenters. The van der Waals surface area contributed by atoms with Crippen LogP contribution in [-0.4, -0.2) is 46.6 Å². The van der Waals surface area contributed by atoms with Crippen LogP contribution in [0.15, 0.2) is 22.7 Å². The Bertz CT molecular complexity index is 645. The fraction of sp³-hybridized carbons (Fsp3) is 0.438. The Morgan fingerprint density at radius 2 is 2.08 bits per heavy atom. The normalized spacial score (nSPS) is 14.0. The number of aliphatic imine (C=N–C) groups is 1. The summed E-state index contributed by atoms with van der Waals surface area (Å²) >= 11 is 11.8. The van der Waals surface area contributed by atoms with E-state index in [-0.39, 0.29) is 40.6 Å². The minimum Gasteiger partial charge on any atom is -0.505 e. The number of nitrogens with zero attached hydrogens (tertiary/aromatic N) is 2. The van der Waals surface area contributed by atoms with Crippen LogP contribution in [0.2, 0.25) is 10.2 Å². The summed E-state index contributed by atoms with van der Waals surface area (Å²) in [6.07, 6.45) is 1.16. The summed E-state index contributed by atoms with van der Waals surface area (Å²) in [7, 11) is 0. The van der Waals surface area contributed by atoms with Crippen molar-refractivity contribution in [1.29, 1.82) is 0 Å². The summed E-state index contributed by atoms with van der Waals surface area (Å²) in [5.41, 5.74) is -0.267. The minimum absolute atomic E-state index is 0.0460. The van der Waals surface area contributed by atoms with Gasteiger partial charge in [0.15, 0.2) is 5.76 Å². The molecule has 0 saturated heterocycles. The van der Waals surface area contributed by atoms with Crippen LogP contribution in [0.3, 0.4) is 0 Å². The van der Waals surface area contributed by atoms with Crippen molar-refractivity contribution in [3.05, 3.63) is 33.6 Å². The van der Waals surface area contributed by atoms with E-state index in [1.807, 2.05) is 13.8 Å². The van der Waals surface area contributed by atoms with E-state index in [1.165, 1.54) is 12.1 Å². The molecule has 1 rings (SSSR count). The van der Waals surface area contributed by atoms with Gasteiger partial charge in [0.1, 0.15) is 16.4 Å². The SMILES string of the molecule is CCOC(=O)C(C=N[C@H](CO)C(C)C)=C(O)c1nc(Cl)ccc1Cl. The van der Waals surface area contributed by atoms with Crippen LogP contribution in [-0.2, 0) is 9.53 Å². The van der Waals surface area contributed by atoms with Gasteiger partial charge in [0.2, 0.25) is 0 Å². The fourth-order valence-electron chi connectivity index (χ4n) is 1.73. The second-order valence-corrected chi connectivity index (χ2v) is 6.01. The van der Waals surface area contributed by atoms with Gasteiger partial charge in [-0.3, -0.25) is 4.99 Å². The van der Waals surface area contributed by atoms with Crippen LogP contribution in [0.25, 0.3) is 5.76 Å². The molecule has 0 aliphatic rings. The van der Waals surface area contributed by atoms with E-state index in [0.29, 0.717) is 0 Å². The molecule has 1 aromatic rings. The highest BCUT2D eigenvalue weighted by atomic mass is 35.5. The fourth-order valence-corrected chi connectivity index (χ4v) is 2.07. The quantitative estimate of drug-likeness (QED) is 0.251. The second-order valence-electron chi connectivity index (χ2n) is 5.22. The Hall–Kier alpha value is -1.63. The van der Waals surface area contributed by atoms with Gasteiger partial charge < -0.3 is 14.9 Å². The van der Waals surface area contributed by atoms with E-state index in [9.17, 15) is 15.0 Å². The van der Waals surface area contributed by atoms with Crippen LogP contribution in [0, 0.1) is 5.92 Å². The Kier molecular flexibility index (Phi) is 8.18. The lowest BCUT2D eigenvalue weighted by molar-refractivity contribution is -0.137. The molecule has 1 heterocycles. The summed E-state index contributed by atoms with van der Waals surface area (Å²) in [5.74, 6) is -1.23. The first-order valence-corrected chi connectivity index (χ1v) is 8.14. The third-order valence-corrected chi connectivity index (χ3v) is 3.65. The molecule has 0 spiro atoms. The van der Waals surface area contributed by atoms with Gasteiger partial charge in [0.25, 0.3) is 0 Å². The maximum atomic E-state index is 12.1. The van der Waals surface area contributed by atoms with Gasteiger partial charge in [-0.1, -0.05) is 37.0 Å². The van der Waals surface area contributed by atoms with Gasteiger partial charge >= 0.3 is 5.97 Å². The number of ether oxygens (including phenoxy) is 1. The highest BCUT2D eigenvalue weighted by molar-refractivity contribution is 6.33. The molecule has 24 heavy (non-hydrogen) atoms. The van der Waals surface area contributed by atoms with Crippen molar-refractivity contribution in [3.8, 4) is 0 Å². The highest BCUT2D eigenvalue weighted by Crippen LogP contribution is 2.25. The Morgan fingerprint density at radius 3 is 2.62 bits per heavy atom. The third kappa shape index (κ3) is 5.47.